The van der Waals surface area contributed by atoms with Crippen LogP contribution in [0.2, 0.25) is 0 Å². The van der Waals surface area contributed by atoms with Crippen LogP contribution in [-0.2, 0) is 21.7 Å². The van der Waals surface area contributed by atoms with Crippen molar-refractivity contribution in [1.29, 1.82) is 0 Å². The highest BCUT2D eigenvalue weighted by Crippen LogP contribution is 2.43. The van der Waals surface area contributed by atoms with E-state index in [1.165, 1.54) is 12.1 Å². The number of rotatable bonds is 3. The van der Waals surface area contributed by atoms with E-state index in [-0.39, 0.29) is 15.8 Å². The zero-order chi connectivity index (χ0) is 17.6. The molecular formula is C14H17BrF2N2O3S. The van der Waals surface area contributed by atoms with Gasteiger partial charge in [0.1, 0.15) is 11.4 Å². The van der Waals surface area contributed by atoms with Crippen molar-refractivity contribution in [2.24, 2.45) is 5.73 Å². The lowest BCUT2D eigenvalue weighted by atomic mass is 9.83. The van der Waals surface area contributed by atoms with Gasteiger partial charge in [-0.2, -0.15) is 0 Å². The number of fused-ring (bicyclic) bond motifs is 1. The van der Waals surface area contributed by atoms with E-state index in [1.807, 2.05) is 0 Å². The van der Waals surface area contributed by atoms with Gasteiger partial charge in [0, 0.05) is 16.9 Å². The first-order chi connectivity index (χ1) is 10.5. The summed E-state index contributed by atoms with van der Waals surface area (Å²) in [6.45, 7) is 4.37. The SMILES string of the molecule is CC(C)(C)[S@+]([O-])N[C@@]1(C(N)=O)c2ccc(Br)c(F)c2OC[C@H]1F. The van der Waals surface area contributed by atoms with Crippen LogP contribution in [0.1, 0.15) is 26.3 Å². The molecule has 1 amide bonds. The van der Waals surface area contributed by atoms with Crippen molar-refractivity contribution in [3.05, 3.63) is 28.0 Å². The van der Waals surface area contributed by atoms with Crippen molar-refractivity contribution in [2.45, 2.75) is 37.2 Å². The molecule has 0 aromatic heterocycles. The third-order valence-corrected chi connectivity index (χ3v) is 5.75. The Balaban J connectivity index is 2.64. The van der Waals surface area contributed by atoms with Gasteiger partial charge in [-0.15, -0.1) is 4.72 Å². The largest absolute Gasteiger partial charge is 0.598 e. The predicted octanol–water partition coefficient (Wildman–Crippen LogP) is 2.05. The van der Waals surface area contributed by atoms with Gasteiger partial charge in [0.2, 0.25) is 11.4 Å². The smallest absolute Gasteiger partial charge is 0.250 e. The quantitative estimate of drug-likeness (QED) is 0.746. The molecule has 0 aliphatic carbocycles. The second kappa shape index (κ2) is 6.19. The highest BCUT2D eigenvalue weighted by Gasteiger charge is 2.56. The van der Waals surface area contributed by atoms with Gasteiger partial charge >= 0.3 is 0 Å². The van der Waals surface area contributed by atoms with Crippen molar-refractivity contribution >= 4 is 33.2 Å². The summed E-state index contributed by atoms with van der Waals surface area (Å²) < 4.78 is 48.2. The molecular weight excluding hydrogens is 394 g/mol. The Kier molecular flexibility index (Phi) is 4.97. The molecule has 0 spiro atoms. The Bertz CT molecular complexity index is 641. The number of ether oxygens (including phenoxy) is 1. The van der Waals surface area contributed by atoms with Gasteiger partial charge in [-0.05, 0) is 42.8 Å². The summed E-state index contributed by atoms with van der Waals surface area (Å²) in [5.41, 5.74) is 3.18. The molecule has 1 aliphatic heterocycles. The maximum absolute atomic E-state index is 14.7. The topological polar surface area (TPSA) is 87.4 Å². The fourth-order valence-electron chi connectivity index (χ4n) is 2.19. The van der Waals surface area contributed by atoms with Crippen LogP contribution in [0.15, 0.2) is 16.6 Å². The number of carbonyl (C=O) groups is 1. The number of alkyl halides is 1. The van der Waals surface area contributed by atoms with Crippen molar-refractivity contribution in [3.8, 4) is 5.75 Å². The van der Waals surface area contributed by atoms with Gasteiger partial charge < -0.3 is 15.0 Å². The van der Waals surface area contributed by atoms with Crippen LogP contribution in [-0.4, -0.2) is 28.0 Å². The van der Waals surface area contributed by atoms with E-state index in [1.54, 1.807) is 20.8 Å². The van der Waals surface area contributed by atoms with Gasteiger partial charge in [-0.1, -0.05) is 6.07 Å². The summed E-state index contributed by atoms with van der Waals surface area (Å²) in [5.74, 6) is -2.15. The Morgan fingerprint density at radius 3 is 2.70 bits per heavy atom. The molecule has 3 atom stereocenters. The summed E-state index contributed by atoms with van der Waals surface area (Å²) >= 11 is 1.19. The highest BCUT2D eigenvalue weighted by molar-refractivity contribution is 9.10. The number of benzene rings is 1. The lowest BCUT2D eigenvalue weighted by Gasteiger charge is -2.40. The Hall–Kier alpha value is -0.900. The number of nitrogens with one attached hydrogen (secondary N) is 1. The first kappa shape index (κ1) is 18.4. The molecule has 0 saturated carbocycles. The summed E-state index contributed by atoms with van der Waals surface area (Å²) in [5, 5.41) is 0. The van der Waals surface area contributed by atoms with Gasteiger partial charge in [0.15, 0.2) is 17.7 Å². The molecule has 9 heteroatoms. The second-order valence-electron chi connectivity index (χ2n) is 6.17. The second-order valence-corrected chi connectivity index (χ2v) is 8.99. The van der Waals surface area contributed by atoms with Crippen LogP contribution < -0.4 is 15.2 Å². The normalized spacial score (nSPS) is 25.4. The number of carbonyl (C=O) groups excluding carboxylic acids is 1. The maximum Gasteiger partial charge on any atom is 0.250 e. The summed E-state index contributed by atoms with van der Waals surface area (Å²) in [4.78, 5) is 12.1. The van der Waals surface area contributed by atoms with Gasteiger partial charge in [-0.3, -0.25) is 4.79 Å². The van der Waals surface area contributed by atoms with E-state index < -0.39 is 46.2 Å². The Labute approximate surface area is 144 Å². The standard InChI is InChI=1S/C14H17BrF2N2O3S/c1-13(2,3)23(21)19-14(12(18)20)7-4-5-8(15)10(17)11(7)22-6-9(14)16/h4-5,9,19H,6H2,1-3H3,(H2,18,20)/t9-,14+,23+/m1/s1. The van der Waals surface area contributed by atoms with E-state index in [0.29, 0.717) is 0 Å². The van der Waals surface area contributed by atoms with Crippen molar-refractivity contribution in [2.75, 3.05) is 6.61 Å². The lowest BCUT2D eigenvalue weighted by molar-refractivity contribution is -0.128. The number of halogens is 3. The fraction of sp³-hybridized carbons (Fsp3) is 0.500. The van der Waals surface area contributed by atoms with Gasteiger partial charge in [0.25, 0.3) is 0 Å². The lowest BCUT2D eigenvalue weighted by Crippen LogP contribution is -2.65. The number of hydrogen-bond donors (Lipinski definition) is 2. The zero-order valence-corrected chi connectivity index (χ0v) is 15.2. The Morgan fingerprint density at radius 1 is 1.57 bits per heavy atom. The monoisotopic (exact) mass is 410 g/mol. The molecule has 0 saturated heterocycles. The van der Waals surface area contributed by atoms with Crippen molar-refractivity contribution in [1.82, 2.24) is 4.72 Å². The molecule has 1 aromatic carbocycles. The first-order valence-corrected chi connectivity index (χ1v) is 8.71. The molecule has 2 rings (SSSR count). The molecule has 5 nitrogen and oxygen atoms in total. The average molecular weight is 411 g/mol. The molecule has 0 fully saturated rings. The van der Waals surface area contributed by atoms with Crippen LogP contribution in [0, 0.1) is 5.82 Å². The summed E-state index contributed by atoms with van der Waals surface area (Å²) in [6, 6.07) is 2.64. The molecule has 128 valence electrons. The number of hydrogen-bond acceptors (Lipinski definition) is 4. The molecule has 1 aromatic rings. The zero-order valence-electron chi connectivity index (χ0n) is 12.8. The number of nitrogens with two attached hydrogens (primary N) is 1. The summed E-state index contributed by atoms with van der Waals surface area (Å²) in [6.07, 6.45) is -1.92. The highest BCUT2D eigenvalue weighted by atomic mass is 79.9. The van der Waals surface area contributed by atoms with E-state index in [4.69, 9.17) is 10.5 Å². The van der Waals surface area contributed by atoms with Crippen LogP contribution in [0.3, 0.4) is 0 Å². The van der Waals surface area contributed by atoms with E-state index in [2.05, 4.69) is 20.7 Å². The minimum atomic E-state index is -2.13. The van der Waals surface area contributed by atoms with E-state index >= 15 is 0 Å². The molecule has 3 N–H and O–H groups in total. The van der Waals surface area contributed by atoms with E-state index in [9.17, 15) is 18.1 Å². The molecule has 1 heterocycles. The van der Waals surface area contributed by atoms with Crippen molar-refractivity contribution < 1.29 is 22.9 Å². The minimum absolute atomic E-state index is 0.101. The Morgan fingerprint density at radius 2 is 2.17 bits per heavy atom. The number of amides is 1. The van der Waals surface area contributed by atoms with Crippen molar-refractivity contribution in [3.63, 3.8) is 0 Å². The predicted molar refractivity (Wildman–Crippen MR) is 86.4 cm³/mol. The first-order valence-electron chi connectivity index (χ1n) is 6.76. The van der Waals surface area contributed by atoms with Crippen LogP contribution in [0.4, 0.5) is 8.78 Å². The molecule has 0 radical (unpaired) electrons. The maximum atomic E-state index is 14.7. The van der Waals surface area contributed by atoms with Crippen LogP contribution >= 0.6 is 15.9 Å². The molecule has 0 unspecified atom stereocenters. The average Bonchev–Trinajstić information content (AvgIpc) is 2.44. The van der Waals surface area contributed by atoms with Gasteiger partial charge in [0.05, 0.1) is 4.47 Å². The van der Waals surface area contributed by atoms with E-state index in [0.717, 1.165) is 0 Å². The number of primary amides is 1. The third-order valence-electron chi connectivity index (χ3n) is 3.52. The van der Waals surface area contributed by atoms with Crippen LogP contribution in [0.25, 0.3) is 0 Å². The third kappa shape index (κ3) is 3.07. The van der Waals surface area contributed by atoms with Gasteiger partial charge in [-0.25, -0.2) is 8.78 Å². The molecule has 1 aliphatic rings. The summed E-state index contributed by atoms with van der Waals surface area (Å²) in [7, 11) is 0. The van der Waals surface area contributed by atoms with Crippen LogP contribution in [0.5, 0.6) is 5.75 Å². The fourth-order valence-corrected chi connectivity index (χ4v) is 3.44. The minimum Gasteiger partial charge on any atom is -0.598 e. The molecule has 23 heavy (non-hydrogen) atoms. The molecule has 0 bridgehead atoms.